The first kappa shape index (κ1) is 11.6. The van der Waals surface area contributed by atoms with Crippen LogP contribution >= 0.6 is 11.8 Å². The molecule has 0 aliphatic carbocycles. The van der Waals surface area contributed by atoms with Crippen LogP contribution in [0.2, 0.25) is 0 Å². The van der Waals surface area contributed by atoms with Crippen LogP contribution in [0.4, 0.5) is 5.88 Å². The van der Waals surface area contributed by atoms with E-state index in [1.807, 2.05) is 17.8 Å². The molecule has 0 spiro atoms. The van der Waals surface area contributed by atoms with Crippen LogP contribution < -0.4 is 4.90 Å². The van der Waals surface area contributed by atoms with E-state index < -0.39 is 0 Å². The number of Topliss-reactive ketones (excluding diaryl/α,β-unsaturated/α-hetero) is 1. The van der Waals surface area contributed by atoms with E-state index in [4.69, 9.17) is 4.42 Å². The first-order chi connectivity index (χ1) is 7.59. The number of ketones is 1. The van der Waals surface area contributed by atoms with Crippen LogP contribution in [0.25, 0.3) is 0 Å². The van der Waals surface area contributed by atoms with Gasteiger partial charge in [-0.2, -0.15) is 11.8 Å². The average molecular weight is 239 g/mol. The Kier molecular flexibility index (Phi) is 3.28. The average Bonchev–Trinajstić information content (AvgIpc) is 2.71. The predicted molar refractivity (Wildman–Crippen MR) is 67.4 cm³/mol. The van der Waals surface area contributed by atoms with Crippen molar-refractivity contribution in [3.8, 4) is 0 Å². The Balaban J connectivity index is 2.19. The molecule has 3 nitrogen and oxygen atoms in total. The standard InChI is InChI=1S/C12H17NO2S/c1-8-10(3)16-7-6-13(8)12-5-4-11(15-12)9(2)14/h4-5,8,10H,6-7H2,1-3H3. The van der Waals surface area contributed by atoms with Crippen LogP contribution in [0, 0.1) is 0 Å². The quantitative estimate of drug-likeness (QED) is 0.743. The number of anilines is 1. The maximum absolute atomic E-state index is 11.2. The normalized spacial score (nSPS) is 25.8. The molecule has 88 valence electrons. The van der Waals surface area contributed by atoms with Gasteiger partial charge in [0.25, 0.3) is 0 Å². The van der Waals surface area contributed by atoms with Crippen molar-refractivity contribution in [2.75, 3.05) is 17.2 Å². The third-order valence-corrected chi connectivity index (χ3v) is 4.44. The Morgan fingerprint density at radius 2 is 2.25 bits per heavy atom. The number of thioether (sulfide) groups is 1. The minimum atomic E-state index is -0.0154. The summed E-state index contributed by atoms with van der Waals surface area (Å²) in [6.07, 6.45) is 0. The minimum Gasteiger partial charge on any atom is -0.437 e. The first-order valence-corrected chi connectivity index (χ1v) is 6.63. The lowest BCUT2D eigenvalue weighted by Crippen LogP contribution is -2.44. The highest BCUT2D eigenvalue weighted by atomic mass is 32.2. The van der Waals surface area contributed by atoms with Crippen LogP contribution in [0.3, 0.4) is 0 Å². The van der Waals surface area contributed by atoms with E-state index in [1.165, 1.54) is 6.92 Å². The largest absolute Gasteiger partial charge is 0.437 e. The van der Waals surface area contributed by atoms with Crippen molar-refractivity contribution >= 4 is 23.4 Å². The Morgan fingerprint density at radius 3 is 2.88 bits per heavy atom. The van der Waals surface area contributed by atoms with Gasteiger partial charge >= 0.3 is 0 Å². The van der Waals surface area contributed by atoms with Gasteiger partial charge in [0, 0.05) is 36.6 Å². The van der Waals surface area contributed by atoms with Crippen LogP contribution in [-0.4, -0.2) is 29.4 Å². The molecule has 4 heteroatoms. The molecule has 16 heavy (non-hydrogen) atoms. The van der Waals surface area contributed by atoms with Gasteiger partial charge < -0.3 is 9.32 Å². The van der Waals surface area contributed by atoms with E-state index in [0.29, 0.717) is 17.1 Å². The van der Waals surface area contributed by atoms with Crippen molar-refractivity contribution in [1.82, 2.24) is 0 Å². The molecular weight excluding hydrogens is 222 g/mol. The van der Waals surface area contributed by atoms with Gasteiger partial charge in [0.15, 0.2) is 17.4 Å². The van der Waals surface area contributed by atoms with E-state index in [9.17, 15) is 4.79 Å². The van der Waals surface area contributed by atoms with Crippen molar-refractivity contribution in [1.29, 1.82) is 0 Å². The maximum atomic E-state index is 11.2. The first-order valence-electron chi connectivity index (χ1n) is 5.58. The van der Waals surface area contributed by atoms with E-state index in [2.05, 4.69) is 18.7 Å². The van der Waals surface area contributed by atoms with Crippen LogP contribution in [0.5, 0.6) is 0 Å². The molecule has 2 heterocycles. The molecule has 0 bridgehead atoms. The molecule has 1 aromatic rings. The highest BCUT2D eigenvalue weighted by Crippen LogP contribution is 2.30. The molecule has 0 amide bonds. The monoisotopic (exact) mass is 239 g/mol. The van der Waals surface area contributed by atoms with Crippen molar-refractivity contribution in [2.24, 2.45) is 0 Å². The van der Waals surface area contributed by atoms with Gasteiger partial charge in [-0.3, -0.25) is 4.79 Å². The molecule has 0 radical (unpaired) electrons. The second-order valence-corrected chi connectivity index (χ2v) is 5.69. The summed E-state index contributed by atoms with van der Waals surface area (Å²) in [5.74, 6) is 2.37. The smallest absolute Gasteiger partial charge is 0.196 e. The number of hydrogen-bond acceptors (Lipinski definition) is 4. The van der Waals surface area contributed by atoms with Gasteiger partial charge in [-0.15, -0.1) is 0 Å². The molecule has 1 aliphatic heterocycles. The van der Waals surface area contributed by atoms with Gasteiger partial charge in [0.1, 0.15) is 0 Å². The van der Waals surface area contributed by atoms with Gasteiger partial charge in [0.2, 0.25) is 0 Å². The molecule has 1 fully saturated rings. The lowest BCUT2D eigenvalue weighted by atomic mass is 10.2. The number of carbonyl (C=O) groups excluding carboxylic acids is 1. The summed E-state index contributed by atoms with van der Waals surface area (Å²) in [5.41, 5.74) is 0. The zero-order chi connectivity index (χ0) is 11.7. The minimum absolute atomic E-state index is 0.0154. The molecule has 2 rings (SSSR count). The predicted octanol–water partition coefficient (Wildman–Crippen LogP) is 2.81. The summed E-state index contributed by atoms with van der Waals surface area (Å²) in [6, 6.07) is 4.11. The van der Waals surface area contributed by atoms with E-state index in [-0.39, 0.29) is 5.78 Å². The second kappa shape index (κ2) is 4.53. The second-order valence-electron chi connectivity index (χ2n) is 4.20. The van der Waals surface area contributed by atoms with Gasteiger partial charge in [-0.25, -0.2) is 0 Å². The Hall–Kier alpha value is -0.900. The highest BCUT2D eigenvalue weighted by Gasteiger charge is 2.27. The number of nitrogens with zero attached hydrogens (tertiary/aromatic N) is 1. The lowest BCUT2D eigenvalue weighted by Gasteiger charge is -2.37. The Bertz CT molecular complexity index is 388. The number of carbonyl (C=O) groups is 1. The summed E-state index contributed by atoms with van der Waals surface area (Å²) in [7, 11) is 0. The fourth-order valence-electron chi connectivity index (χ4n) is 1.92. The zero-order valence-corrected chi connectivity index (χ0v) is 10.7. The molecule has 2 unspecified atom stereocenters. The van der Waals surface area contributed by atoms with E-state index in [0.717, 1.165) is 18.2 Å². The summed E-state index contributed by atoms with van der Waals surface area (Å²) in [6.45, 7) is 6.95. The third kappa shape index (κ3) is 2.12. The van der Waals surface area contributed by atoms with Gasteiger partial charge in [0.05, 0.1) is 0 Å². The third-order valence-electron chi connectivity index (χ3n) is 3.11. The molecule has 2 atom stereocenters. The SMILES string of the molecule is CC(=O)c1ccc(N2CCSC(C)C2C)o1. The Labute approximate surface area is 100 Å². The molecule has 0 saturated carbocycles. The fraction of sp³-hybridized carbons (Fsp3) is 0.583. The van der Waals surface area contributed by atoms with Crippen molar-refractivity contribution in [2.45, 2.75) is 32.1 Å². The molecule has 1 saturated heterocycles. The molecule has 0 aromatic carbocycles. The molecule has 1 aromatic heterocycles. The van der Waals surface area contributed by atoms with Crippen molar-refractivity contribution in [3.63, 3.8) is 0 Å². The maximum Gasteiger partial charge on any atom is 0.196 e. The zero-order valence-electron chi connectivity index (χ0n) is 9.90. The van der Waals surface area contributed by atoms with Crippen LogP contribution in [0.15, 0.2) is 16.5 Å². The number of rotatable bonds is 2. The topological polar surface area (TPSA) is 33.5 Å². The van der Waals surface area contributed by atoms with Crippen LogP contribution in [0.1, 0.15) is 31.3 Å². The summed E-state index contributed by atoms with van der Waals surface area (Å²) < 4.78 is 5.57. The lowest BCUT2D eigenvalue weighted by molar-refractivity contribution is 0.0987. The molecular formula is C12H17NO2S. The fourth-order valence-corrected chi connectivity index (χ4v) is 3.01. The highest BCUT2D eigenvalue weighted by molar-refractivity contribution is 8.00. The summed E-state index contributed by atoms with van der Waals surface area (Å²) in [5, 5.41) is 0.597. The van der Waals surface area contributed by atoms with E-state index >= 15 is 0 Å². The summed E-state index contributed by atoms with van der Waals surface area (Å²) in [4.78, 5) is 13.4. The van der Waals surface area contributed by atoms with Gasteiger partial charge in [-0.1, -0.05) is 6.92 Å². The molecule has 1 aliphatic rings. The van der Waals surface area contributed by atoms with Crippen molar-refractivity contribution in [3.05, 3.63) is 17.9 Å². The molecule has 0 N–H and O–H groups in total. The van der Waals surface area contributed by atoms with Crippen LogP contribution in [-0.2, 0) is 0 Å². The van der Waals surface area contributed by atoms with Crippen molar-refractivity contribution < 1.29 is 9.21 Å². The number of furan rings is 1. The number of hydrogen-bond donors (Lipinski definition) is 0. The summed E-state index contributed by atoms with van der Waals surface area (Å²) >= 11 is 1.99. The van der Waals surface area contributed by atoms with Gasteiger partial charge in [-0.05, 0) is 13.0 Å². The Morgan fingerprint density at radius 1 is 1.50 bits per heavy atom. The van der Waals surface area contributed by atoms with E-state index in [1.54, 1.807) is 6.07 Å².